The van der Waals surface area contributed by atoms with Crippen LogP contribution in [0.5, 0.6) is 0 Å². The Morgan fingerprint density at radius 3 is 2.58 bits per heavy atom. The SMILES string of the molecule is COC1CCCC(n2nc(C)c(S(N)(=O)=O)c2C)C1. The number of nitrogens with two attached hydrogens (primary N) is 1. The second-order valence-electron chi connectivity index (χ2n) is 5.17. The van der Waals surface area contributed by atoms with Crippen molar-refractivity contribution in [1.29, 1.82) is 0 Å². The summed E-state index contributed by atoms with van der Waals surface area (Å²) in [5, 5.41) is 9.62. The highest BCUT2D eigenvalue weighted by molar-refractivity contribution is 7.89. The third kappa shape index (κ3) is 2.82. The Kier molecular flexibility index (Phi) is 3.98. The number of primary sulfonamides is 1. The maximum atomic E-state index is 11.6. The lowest BCUT2D eigenvalue weighted by molar-refractivity contribution is 0.0503. The number of hydrogen-bond donors (Lipinski definition) is 1. The summed E-state index contributed by atoms with van der Waals surface area (Å²) >= 11 is 0. The molecule has 0 aliphatic heterocycles. The number of hydrogen-bond acceptors (Lipinski definition) is 4. The molecule has 7 heteroatoms. The van der Waals surface area contributed by atoms with Gasteiger partial charge in [0.1, 0.15) is 4.90 Å². The van der Waals surface area contributed by atoms with Crippen LogP contribution in [0.3, 0.4) is 0 Å². The Balaban J connectivity index is 2.36. The molecule has 2 atom stereocenters. The molecule has 0 aromatic carbocycles. The smallest absolute Gasteiger partial charge is 0.241 e. The molecule has 1 aliphatic carbocycles. The molecular weight excluding hydrogens is 266 g/mol. The fourth-order valence-corrected chi connectivity index (χ4v) is 3.93. The van der Waals surface area contributed by atoms with E-state index in [2.05, 4.69) is 5.10 Å². The topological polar surface area (TPSA) is 87.2 Å². The molecule has 1 aromatic rings. The van der Waals surface area contributed by atoms with Gasteiger partial charge in [0, 0.05) is 7.11 Å². The second kappa shape index (κ2) is 5.22. The summed E-state index contributed by atoms with van der Waals surface area (Å²) in [6.45, 7) is 3.44. The number of aromatic nitrogens is 2. The van der Waals surface area contributed by atoms with Crippen molar-refractivity contribution in [2.24, 2.45) is 5.14 Å². The van der Waals surface area contributed by atoms with E-state index in [-0.39, 0.29) is 17.0 Å². The van der Waals surface area contributed by atoms with Crippen LogP contribution in [0.1, 0.15) is 43.1 Å². The molecule has 1 heterocycles. The monoisotopic (exact) mass is 287 g/mol. The molecule has 0 amide bonds. The van der Waals surface area contributed by atoms with Crippen molar-refractivity contribution in [1.82, 2.24) is 9.78 Å². The number of sulfonamides is 1. The van der Waals surface area contributed by atoms with Gasteiger partial charge in [-0.25, -0.2) is 13.6 Å². The van der Waals surface area contributed by atoms with Crippen molar-refractivity contribution in [3.05, 3.63) is 11.4 Å². The van der Waals surface area contributed by atoms with Crippen LogP contribution in [0.2, 0.25) is 0 Å². The molecule has 2 N–H and O–H groups in total. The summed E-state index contributed by atoms with van der Waals surface area (Å²) in [6.07, 6.45) is 4.19. The van der Waals surface area contributed by atoms with E-state index < -0.39 is 10.0 Å². The molecule has 19 heavy (non-hydrogen) atoms. The zero-order valence-corrected chi connectivity index (χ0v) is 12.4. The van der Waals surface area contributed by atoms with Gasteiger partial charge in [0.15, 0.2) is 0 Å². The molecule has 0 radical (unpaired) electrons. The van der Waals surface area contributed by atoms with Gasteiger partial charge in [-0.05, 0) is 39.5 Å². The Morgan fingerprint density at radius 1 is 1.37 bits per heavy atom. The minimum absolute atomic E-state index is 0.159. The molecular formula is C12H21N3O3S. The lowest BCUT2D eigenvalue weighted by Crippen LogP contribution is -2.25. The van der Waals surface area contributed by atoms with Crippen molar-refractivity contribution >= 4 is 10.0 Å². The summed E-state index contributed by atoms with van der Waals surface area (Å²) in [5.74, 6) is 0. The fourth-order valence-electron chi connectivity index (χ4n) is 2.97. The van der Waals surface area contributed by atoms with Gasteiger partial charge in [0.2, 0.25) is 10.0 Å². The van der Waals surface area contributed by atoms with E-state index in [1.165, 1.54) is 0 Å². The van der Waals surface area contributed by atoms with Crippen molar-refractivity contribution in [2.75, 3.05) is 7.11 Å². The number of aryl methyl sites for hydroxylation is 1. The molecule has 1 fully saturated rings. The Labute approximate surface area is 114 Å². The van der Waals surface area contributed by atoms with Gasteiger partial charge in [-0.1, -0.05) is 0 Å². The zero-order chi connectivity index (χ0) is 14.2. The van der Waals surface area contributed by atoms with Crippen LogP contribution in [-0.4, -0.2) is 31.4 Å². The van der Waals surface area contributed by atoms with Gasteiger partial charge in [0.25, 0.3) is 0 Å². The first-order chi connectivity index (χ1) is 8.84. The Bertz CT molecular complexity index is 565. The average molecular weight is 287 g/mol. The maximum absolute atomic E-state index is 11.6. The summed E-state index contributed by atoms with van der Waals surface area (Å²) < 4.78 is 30.4. The molecule has 0 spiro atoms. The quantitative estimate of drug-likeness (QED) is 0.907. The van der Waals surface area contributed by atoms with Gasteiger partial charge < -0.3 is 4.74 Å². The summed E-state index contributed by atoms with van der Waals surface area (Å²) in [4.78, 5) is 0.159. The molecule has 2 unspecified atom stereocenters. The minimum Gasteiger partial charge on any atom is -0.381 e. The van der Waals surface area contributed by atoms with Gasteiger partial charge >= 0.3 is 0 Å². The van der Waals surface area contributed by atoms with Gasteiger partial charge in [-0.3, -0.25) is 4.68 Å². The minimum atomic E-state index is -3.72. The van der Waals surface area contributed by atoms with E-state index in [9.17, 15) is 8.42 Å². The fraction of sp³-hybridized carbons (Fsp3) is 0.750. The van der Waals surface area contributed by atoms with E-state index >= 15 is 0 Å². The van der Waals surface area contributed by atoms with Crippen LogP contribution >= 0.6 is 0 Å². The van der Waals surface area contributed by atoms with Crippen molar-refractivity contribution in [3.63, 3.8) is 0 Å². The van der Waals surface area contributed by atoms with Crippen molar-refractivity contribution in [3.8, 4) is 0 Å². The van der Waals surface area contributed by atoms with E-state index in [0.717, 1.165) is 25.7 Å². The first-order valence-electron chi connectivity index (χ1n) is 6.46. The van der Waals surface area contributed by atoms with E-state index in [1.807, 2.05) is 0 Å². The number of rotatable bonds is 3. The molecule has 6 nitrogen and oxygen atoms in total. The predicted molar refractivity (Wildman–Crippen MR) is 71.4 cm³/mol. The van der Waals surface area contributed by atoms with Gasteiger partial charge in [0.05, 0.1) is 23.5 Å². The Morgan fingerprint density at radius 2 is 2.05 bits per heavy atom. The average Bonchev–Trinajstić information content (AvgIpc) is 2.64. The number of nitrogens with zero attached hydrogens (tertiary/aromatic N) is 2. The largest absolute Gasteiger partial charge is 0.381 e. The maximum Gasteiger partial charge on any atom is 0.241 e. The van der Waals surface area contributed by atoms with Crippen LogP contribution < -0.4 is 5.14 Å². The lowest BCUT2D eigenvalue weighted by atomic mass is 9.93. The highest BCUT2D eigenvalue weighted by Gasteiger charge is 2.28. The standard InChI is InChI=1S/C12H21N3O3S/c1-8-12(19(13,16)17)9(2)15(14-8)10-5-4-6-11(7-10)18-3/h10-11H,4-7H2,1-3H3,(H2,13,16,17). The van der Waals surface area contributed by atoms with Crippen LogP contribution in [0.15, 0.2) is 4.90 Å². The lowest BCUT2D eigenvalue weighted by Gasteiger charge is -2.29. The normalized spacial score (nSPS) is 24.6. The summed E-state index contributed by atoms with van der Waals surface area (Å²) in [5.41, 5.74) is 1.10. The predicted octanol–water partition coefficient (Wildman–Crippen LogP) is 1.28. The van der Waals surface area contributed by atoms with E-state index in [1.54, 1.807) is 25.6 Å². The summed E-state index contributed by atoms with van der Waals surface area (Å²) in [6, 6.07) is 0.188. The molecule has 0 bridgehead atoms. The number of ether oxygens (including phenoxy) is 1. The van der Waals surface area contributed by atoms with Crippen LogP contribution in [-0.2, 0) is 14.8 Å². The third-order valence-corrected chi connectivity index (χ3v) is 4.98. The van der Waals surface area contributed by atoms with Crippen LogP contribution in [0.4, 0.5) is 0 Å². The highest BCUT2D eigenvalue weighted by atomic mass is 32.2. The van der Waals surface area contributed by atoms with E-state index in [4.69, 9.17) is 9.88 Å². The zero-order valence-electron chi connectivity index (χ0n) is 11.6. The molecule has 0 saturated heterocycles. The first-order valence-corrected chi connectivity index (χ1v) is 8.00. The molecule has 1 aromatic heterocycles. The Hall–Kier alpha value is -0.920. The molecule has 1 saturated carbocycles. The summed E-state index contributed by atoms with van der Waals surface area (Å²) in [7, 11) is -2.00. The second-order valence-corrected chi connectivity index (χ2v) is 6.67. The first kappa shape index (κ1) is 14.5. The molecule has 2 rings (SSSR count). The molecule has 1 aliphatic rings. The molecule has 108 valence electrons. The van der Waals surface area contributed by atoms with Gasteiger partial charge in [-0.2, -0.15) is 5.10 Å². The van der Waals surface area contributed by atoms with Crippen LogP contribution in [0, 0.1) is 13.8 Å². The third-order valence-electron chi connectivity index (χ3n) is 3.82. The highest BCUT2D eigenvalue weighted by Crippen LogP contribution is 2.32. The van der Waals surface area contributed by atoms with E-state index in [0.29, 0.717) is 11.4 Å². The number of methoxy groups -OCH3 is 1. The van der Waals surface area contributed by atoms with Crippen LogP contribution in [0.25, 0.3) is 0 Å². The van der Waals surface area contributed by atoms with Crippen molar-refractivity contribution in [2.45, 2.75) is 56.6 Å². The van der Waals surface area contributed by atoms with Gasteiger partial charge in [-0.15, -0.1) is 0 Å². The van der Waals surface area contributed by atoms with Crippen molar-refractivity contribution < 1.29 is 13.2 Å².